The van der Waals surface area contributed by atoms with E-state index in [-0.39, 0.29) is 6.61 Å². The number of carbonyl (C=O) groups is 4. The first-order valence-electron chi connectivity index (χ1n) is 13.9. The molecule has 0 atom stereocenters. The molecule has 0 aliphatic rings. The van der Waals surface area contributed by atoms with Gasteiger partial charge in [0.05, 0.1) is 13.0 Å². The summed E-state index contributed by atoms with van der Waals surface area (Å²) in [4.78, 5) is 44.7. The molecule has 1 amide bonds. The molecule has 0 spiro atoms. The van der Waals surface area contributed by atoms with Crippen LogP contribution in [0, 0.1) is 5.92 Å². The topological polar surface area (TPSA) is 173 Å². The SMILES string of the molecule is CCCCCCCCCCCCCCCCCCOS(=O)(=O)NC(=O)CCC(=O)OCC(C(=O)O)C(=O)O. The highest BCUT2D eigenvalue weighted by Crippen LogP contribution is 2.14. The second kappa shape index (κ2) is 22.7. The summed E-state index contributed by atoms with van der Waals surface area (Å²) >= 11 is 0. The fourth-order valence-electron chi connectivity index (χ4n) is 3.75. The van der Waals surface area contributed by atoms with Crippen LogP contribution in [0.1, 0.15) is 122 Å². The molecule has 38 heavy (non-hydrogen) atoms. The first kappa shape index (κ1) is 35.8. The van der Waals surface area contributed by atoms with E-state index in [1.807, 2.05) is 0 Å². The second-order valence-electron chi connectivity index (χ2n) is 9.52. The number of carbonyl (C=O) groups excluding carboxylic acids is 2. The highest BCUT2D eigenvalue weighted by Gasteiger charge is 2.27. The van der Waals surface area contributed by atoms with Crippen molar-refractivity contribution in [1.82, 2.24) is 4.72 Å². The number of hydrogen-bond donors (Lipinski definition) is 3. The Morgan fingerprint density at radius 2 is 1.11 bits per heavy atom. The number of hydrogen-bond acceptors (Lipinski definition) is 8. The van der Waals surface area contributed by atoms with Gasteiger partial charge in [0.1, 0.15) is 6.61 Å². The average Bonchev–Trinajstić information content (AvgIpc) is 2.84. The normalized spacial score (nSPS) is 11.4. The van der Waals surface area contributed by atoms with Crippen LogP contribution in [0.25, 0.3) is 0 Å². The lowest BCUT2D eigenvalue weighted by Gasteiger charge is -2.09. The Labute approximate surface area is 227 Å². The zero-order valence-corrected chi connectivity index (χ0v) is 23.6. The van der Waals surface area contributed by atoms with Crippen molar-refractivity contribution in [3.63, 3.8) is 0 Å². The Kier molecular flexibility index (Phi) is 21.4. The first-order valence-corrected chi connectivity index (χ1v) is 15.3. The average molecular weight is 566 g/mol. The van der Waals surface area contributed by atoms with Crippen LogP contribution in [0.3, 0.4) is 0 Å². The number of amides is 1. The Morgan fingerprint density at radius 1 is 0.684 bits per heavy atom. The maximum atomic E-state index is 11.8. The van der Waals surface area contributed by atoms with Gasteiger partial charge < -0.3 is 14.9 Å². The Hall–Kier alpha value is -2.21. The number of ether oxygens (including phenoxy) is 1. The number of aliphatic carboxylic acids is 2. The van der Waals surface area contributed by atoms with Crippen LogP contribution in [-0.2, 0) is 38.4 Å². The quantitative estimate of drug-likeness (QED) is 0.0755. The third-order valence-corrected chi connectivity index (χ3v) is 6.99. The lowest BCUT2D eigenvalue weighted by molar-refractivity contribution is -0.160. The smallest absolute Gasteiger partial charge is 0.362 e. The van der Waals surface area contributed by atoms with Gasteiger partial charge in [0.15, 0.2) is 5.92 Å². The van der Waals surface area contributed by atoms with E-state index in [0.29, 0.717) is 6.42 Å². The van der Waals surface area contributed by atoms with Gasteiger partial charge in [-0.2, -0.15) is 8.42 Å². The van der Waals surface area contributed by atoms with E-state index in [1.54, 1.807) is 4.72 Å². The minimum atomic E-state index is -4.30. The molecule has 0 heterocycles. The molecule has 222 valence electrons. The first-order chi connectivity index (χ1) is 18.1. The second-order valence-corrected chi connectivity index (χ2v) is 10.9. The van der Waals surface area contributed by atoms with Crippen LogP contribution in [0.15, 0.2) is 0 Å². The molecule has 12 heteroatoms. The number of carboxylic acids is 2. The van der Waals surface area contributed by atoms with E-state index in [2.05, 4.69) is 11.7 Å². The van der Waals surface area contributed by atoms with Crippen molar-refractivity contribution in [2.75, 3.05) is 13.2 Å². The molecule has 0 aromatic rings. The number of rotatable bonds is 26. The predicted octanol–water partition coefficient (Wildman–Crippen LogP) is 4.73. The minimum absolute atomic E-state index is 0.0607. The van der Waals surface area contributed by atoms with Crippen LogP contribution < -0.4 is 4.72 Å². The van der Waals surface area contributed by atoms with Gasteiger partial charge in [-0.05, 0) is 6.42 Å². The molecule has 0 saturated carbocycles. The van der Waals surface area contributed by atoms with Gasteiger partial charge in [0.25, 0.3) is 0 Å². The minimum Gasteiger partial charge on any atom is -0.481 e. The molecule has 0 unspecified atom stereocenters. The van der Waals surface area contributed by atoms with E-state index >= 15 is 0 Å². The van der Waals surface area contributed by atoms with Crippen molar-refractivity contribution in [2.24, 2.45) is 5.92 Å². The largest absolute Gasteiger partial charge is 0.481 e. The summed E-state index contributed by atoms with van der Waals surface area (Å²) < 4.78 is 34.6. The number of unbranched alkanes of at least 4 members (excludes halogenated alkanes) is 15. The zero-order chi connectivity index (χ0) is 28.7. The standard InChI is InChI=1S/C26H47NO10S/c1-2-3-4-5-6-7-8-9-10-11-12-13-14-15-16-17-20-37-38(34,35)27-23(28)18-19-24(29)36-21-22(25(30)31)26(32)33/h22H,2-21H2,1H3,(H,27,28)(H,30,31)(H,32,33). The molecule has 0 aromatic carbocycles. The lowest BCUT2D eigenvalue weighted by atomic mass is 10.0. The fraction of sp³-hybridized carbons (Fsp3) is 0.846. The van der Waals surface area contributed by atoms with Crippen molar-refractivity contribution in [1.29, 1.82) is 0 Å². The molecular formula is C26H47NO10S. The van der Waals surface area contributed by atoms with E-state index in [1.165, 1.54) is 77.0 Å². The molecule has 0 saturated heterocycles. The molecule has 3 N–H and O–H groups in total. The van der Waals surface area contributed by atoms with E-state index < -0.39 is 59.5 Å². The molecule has 11 nitrogen and oxygen atoms in total. The Morgan fingerprint density at radius 3 is 1.53 bits per heavy atom. The molecule has 0 aromatic heterocycles. The Bertz CT molecular complexity index is 771. The van der Waals surface area contributed by atoms with Crippen molar-refractivity contribution in [2.45, 2.75) is 122 Å². The molecule has 0 radical (unpaired) electrons. The summed E-state index contributed by atoms with van der Waals surface area (Å²) in [5, 5.41) is 17.4. The Balaban J connectivity index is 3.69. The highest BCUT2D eigenvalue weighted by atomic mass is 32.2. The number of carboxylic acid groups (broad SMARTS) is 2. The van der Waals surface area contributed by atoms with Crippen molar-refractivity contribution in [3.05, 3.63) is 0 Å². The molecule has 0 aliphatic heterocycles. The van der Waals surface area contributed by atoms with Crippen LogP contribution >= 0.6 is 0 Å². The molecular weight excluding hydrogens is 518 g/mol. The van der Waals surface area contributed by atoms with Crippen LogP contribution in [0.2, 0.25) is 0 Å². The monoisotopic (exact) mass is 565 g/mol. The number of esters is 1. The summed E-state index contributed by atoms with van der Waals surface area (Å²) in [5.74, 6) is -7.29. The van der Waals surface area contributed by atoms with Gasteiger partial charge in [0, 0.05) is 6.42 Å². The van der Waals surface area contributed by atoms with Gasteiger partial charge in [-0.25, -0.2) is 4.72 Å². The molecule has 0 aliphatic carbocycles. The van der Waals surface area contributed by atoms with Crippen molar-refractivity contribution >= 4 is 34.1 Å². The lowest BCUT2D eigenvalue weighted by Crippen LogP contribution is -2.33. The predicted molar refractivity (Wildman–Crippen MR) is 142 cm³/mol. The van der Waals surface area contributed by atoms with Crippen LogP contribution in [0.4, 0.5) is 0 Å². The molecule has 0 bridgehead atoms. The summed E-state index contributed by atoms with van der Waals surface area (Å²) in [6.45, 7) is 1.28. The van der Waals surface area contributed by atoms with Gasteiger partial charge >= 0.3 is 28.2 Å². The van der Waals surface area contributed by atoms with Crippen LogP contribution in [-0.4, -0.2) is 55.7 Å². The zero-order valence-electron chi connectivity index (χ0n) is 22.8. The van der Waals surface area contributed by atoms with Crippen molar-refractivity contribution < 1.29 is 46.7 Å². The maximum absolute atomic E-state index is 11.8. The summed E-state index contributed by atoms with van der Waals surface area (Å²) in [7, 11) is -4.30. The van der Waals surface area contributed by atoms with Gasteiger partial charge in [0.2, 0.25) is 5.91 Å². The van der Waals surface area contributed by atoms with Crippen LogP contribution in [0.5, 0.6) is 0 Å². The summed E-state index contributed by atoms with van der Waals surface area (Å²) in [6.07, 6.45) is 18.1. The summed E-state index contributed by atoms with van der Waals surface area (Å²) in [6, 6.07) is 0. The summed E-state index contributed by atoms with van der Waals surface area (Å²) in [5.41, 5.74) is 0. The van der Waals surface area contributed by atoms with Gasteiger partial charge in [-0.1, -0.05) is 103 Å². The fourth-order valence-corrected chi connectivity index (χ4v) is 4.53. The molecule has 0 fully saturated rings. The third-order valence-electron chi connectivity index (χ3n) is 6.04. The van der Waals surface area contributed by atoms with Crippen molar-refractivity contribution in [3.8, 4) is 0 Å². The maximum Gasteiger partial charge on any atom is 0.362 e. The molecule has 0 rings (SSSR count). The highest BCUT2D eigenvalue weighted by molar-refractivity contribution is 7.85. The number of nitrogens with one attached hydrogen (secondary N) is 1. The van der Waals surface area contributed by atoms with E-state index in [4.69, 9.17) is 14.4 Å². The van der Waals surface area contributed by atoms with Gasteiger partial charge in [-0.3, -0.25) is 23.4 Å². The van der Waals surface area contributed by atoms with E-state index in [9.17, 15) is 27.6 Å². The third kappa shape index (κ3) is 21.8. The van der Waals surface area contributed by atoms with E-state index in [0.717, 1.165) is 19.3 Å². The van der Waals surface area contributed by atoms with Gasteiger partial charge in [-0.15, -0.1) is 0 Å².